The van der Waals surface area contributed by atoms with Gasteiger partial charge in [-0.15, -0.1) is 5.38 Å². The largest absolute Gasteiger partial charge is 0.303 e. The topological polar surface area (TPSA) is 0 Å². The molecule has 0 bridgehead atoms. The molecule has 0 aliphatic rings. The standard InChI is InChI=1S/C4H2BrS/c5-4-1-2-6-3-4/h1-2H/q-1. The first-order chi connectivity index (χ1) is 2.89. The first kappa shape index (κ1) is 4.34. The van der Waals surface area contributed by atoms with Crippen LogP contribution in [0.2, 0.25) is 0 Å². The Morgan fingerprint density at radius 2 is 2.67 bits per heavy atom. The van der Waals surface area contributed by atoms with Crippen LogP contribution in [-0.2, 0) is 0 Å². The highest BCUT2D eigenvalue weighted by atomic mass is 79.9. The Kier molecular flexibility index (Phi) is 1.27. The summed E-state index contributed by atoms with van der Waals surface area (Å²) in [5, 5.41) is 4.93. The molecule has 6 heavy (non-hydrogen) atoms. The van der Waals surface area contributed by atoms with E-state index >= 15 is 0 Å². The van der Waals surface area contributed by atoms with Crippen LogP contribution in [0.1, 0.15) is 0 Å². The lowest BCUT2D eigenvalue weighted by Crippen LogP contribution is -1.36. The van der Waals surface area contributed by atoms with Crippen molar-refractivity contribution in [2.75, 3.05) is 0 Å². The molecular weight excluding hydrogens is 160 g/mol. The average Bonchev–Trinajstić information content (AvgIpc) is 1.86. The lowest BCUT2D eigenvalue weighted by atomic mass is 10.7. The van der Waals surface area contributed by atoms with Crippen molar-refractivity contribution in [2.24, 2.45) is 0 Å². The van der Waals surface area contributed by atoms with Crippen LogP contribution in [0.3, 0.4) is 0 Å². The molecule has 0 nitrogen and oxygen atoms in total. The van der Waals surface area contributed by atoms with E-state index in [4.69, 9.17) is 0 Å². The lowest BCUT2D eigenvalue weighted by Gasteiger charge is -1.73. The summed E-state index contributed by atoms with van der Waals surface area (Å²) in [6.07, 6.45) is 0. The van der Waals surface area contributed by atoms with Crippen LogP contribution in [0.4, 0.5) is 0 Å². The molecule has 2 heteroatoms. The Labute approximate surface area is 48.9 Å². The fourth-order valence-corrected chi connectivity index (χ4v) is 1.26. The minimum Gasteiger partial charge on any atom is -0.303 e. The molecular formula is C4H2BrS-. The highest BCUT2D eigenvalue weighted by molar-refractivity contribution is 9.10. The maximum atomic E-state index is 3.24. The van der Waals surface area contributed by atoms with E-state index in [0.29, 0.717) is 0 Å². The second-order valence-corrected chi connectivity index (χ2v) is 2.44. The van der Waals surface area contributed by atoms with Crippen molar-refractivity contribution >= 4 is 27.3 Å². The summed E-state index contributed by atoms with van der Waals surface area (Å²) in [5.74, 6) is 0. The predicted octanol–water partition coefficient (Wildman–Crippen LogP) is 2.31. The smallest absolute Gasteiger partial charge is 0.0805 e. The molecule has 1 aromatic heterocycles. The van der Waals surface area contributed by atoms with Crippen molar-refractivity contribution < 1.29 is 0 Å². The zero-order valence-corrected chi connectivity index (χ0v) is 5.34. The van der Waals surface area contributed by atoms with Gasteiger partial charge in [-0.1, -0.05) is 20.4 Å². The molecule has 0 fully saturated rings. The van der Waals surface area contributed by atoms with E-state index in [1.807, 2.05) is 11.4 Å². The molecule has 0 aromatic carbocycles. The van der Waals surface area contributed by atoms with Gasteiger partial charge in [-0.2, -0.15) is 11.4 Å². The molecule has 1 rings (SSSR count). The van der Waals surface area contributed by atoms with Gasteiger partial charge in [0.25, 0.3) is 0 Å². The van der Waals surface area contributed by atoms with Crippen LogP contribution in [-0.4, -0.2) is 0 Å². The Balaban J connectivity index is 3.05. The van der Waals surface area contributed by atoms with Crippen molar-refractivity contribution in [3.8, 4) is 0 Å². The van der Waals surface area contributed by atoms with Gasteiger partial charge in [-0.05, 0) is 0 Å². The number of hydrogen-bond donors (Lipinski definition) is 0. The first-order valence-corrected chi connectivity index (χ1v) is 3.17. The Hall–Kier alpha value is 0.180. The van der Waals surface area contributed by atoms with E-state index in [1.165, 1.54) is 0 Å². The predicted molar refractivity (Wildman–Crippen MR) is 30.9 cm³/mol. The first-order valence-electron chi connectivity index (χ1n) is 1.50. The Bertz CT molecular complexity index is 111. The minimum atomic E-state index is 1.05. The molecule has 0 amide bonds. The maximum Gasteiger partial charge on any atom is -0.0805 e. The third kappa shape index (κ3) is 0.820. The van der Waals surface area contributed by atoms with Crippen molar-refractivity contribution in [1.29, 1.82) is 0 Å². The van der Waals surface area contributed by atoms with Gasteiger partial charge in [0.2, 0.25) is 0 Å². The summed E-state index contributed by atoms with van der Waals surface area (Å²) >= 11 is 4.80. The van der Waals surface area contributed by atoms with Crippen LogP contribution in [0.25, 0.3) is 0 Å². The molecule has 1 aromatic rings. The summed E-state index contributed by atoms with van der Waals surface area (Å²) in [6.45, 7) is 0. The Morgan fingerprint density at radius 1 is 1.83 bits per heavy atom. The van der Waals surface area contributed by atoms with E-state index < -0.39 is 0 Å². The lowest BCUT2D eigenvalue weighted by molar-refractivity contribution is 1.88. The van der Waals surface area contributed by atoms with Gasteiger partial charge in [0, 0.05) is 0 Å². The van der Waals surface area contributed by atoms with E-state index in [-0.39, 0.29) is 0 Å². The molecule has 0 saturated carbocycles. The van der Waals surface area contributed by atoms with Gasteiger partial charge in [0.1, 0.15) is 0 Å². The minimum absolute atomic E-state index is 1.05. The number of hydrogen-bond acceptors (Lipinski definition) is 1. The average molecular weight is 162 g/mol. The summed E-state index contributed by atoms with van der Waals surface area (Å²) < 4.78 is 1.05. The third-order valence-corrected chi connectivity index (χ3v) is 1.77. The zero-order valence-electron chi connectivity index (χ0n) is 2.94. The fourth-order valence-electron chi connectivity index (χ4n) is 0.218. The van der Waals surface area contributed by atoms with Gasteiger partial charge in [-0.25, -0.2) is 0 Å². The maximum absolute atomic E-state index is 3.24. The van der Waals surface area contributed by atoms with Gasteiger partial charge in [0.05, 0.1) is 0 Å². The molecule has 0 unspecified atom stereocenters. The fraction of sp³-hybridized carbons (Fsp3) is 0. The van der Waals surface area contributed by atoms with Crippen LogP contribution >= 0.6 is 27.3 Å². The third-order valence-electron chi connectivity index (χ3n) is 0.439. The number of rotatable bonds is 0. The summed E-state index contributed by atoms with van der Waals surface area (Å²) in [4.78, 5) is 0. The normalized spacial score (nSPS) is 8.83. The summed E-state index contributed by atoms with van der Waals surface area (Å²) in [6, 6.07) is 1.96. The van der Waals surface area contributed by atoms with Gasteiger partial charge >= 0.3 is 0 Å². The van der Waals surface area contributed by atoms with E-state index in [2.05, 4.69) is 21.3 Å². The van der Waals surface area contributed by atoms with Crippen molar-refractivity contribution in [3.05, 3.63) is 21.3 Å². The van der Waals surface area contributed by atoms with E-state index in [9.17, 15) is 0 Å². The van der Waals surface area contributed by atoms with Crippen LogP contribution in [0.15, 0.2) is 15.9 Å². The van der Waals surface area contributed by atoms with Crippen molar-refractivity contribution in [3.63, 3.8) is 0 Å². The molecule has 1 heterocycles. The highest BCUT2D eigenvalue weighted by Gasteiger charge is 1.64. The molecule has 0 N–H and O–H groups in total. The van der Waals surface area contributed by atoms with Gasteiger partial charge in [-0.3, -0.25) is 0 Å². The zero-order chi connectivity index (χ0) is 4.41. The molecule has 0 saturated heterocycles. The van der Waals surface area contributed by atoms with Crippen LogP contribution in [0.5, 0.6) is 0 Å². The van der Waals surface area contributed by atoms with E-state index in [0.717, 1.165) is 4.47 Å². The SMILES string of the molecule is Brc1[c-]scc1. The van der Waals surface area contributed by atoms with Gasteiger partial charge in [0.15, 0.2) is 0 Å². The molecule has 0 spiro atoms. The number of halogens is 1. The van der Waals surface area contributed by atoms with Gasteiger partial charge < -0.3 is 11.3 Å². The molecule has 0 aliphatic carbocycles. The van der Waals surface area contributed by atoms with E-state index in [1.54, 1.807) is 11.3 Å². The highest BCUT2D eigenvalue weighted by Crippen LogP contribution is 2.10. The monoisotopic (exact) mass is 161 g/mol. The quantitative estimate of drug-likeness (QED) is 0.513. The molecule has 0 atom stereocenters. The van der Waals surface area contributed by atoms with Crippen molar-refractivity contribution in [1.82, 2.24) is 0 Å². The summed E-state index contributed by atoms with van der Waals surface area (Å²) in [7, 11) is 0. The summed E-state index contributed by atoms with van der Waals surface area (Å²) in [5.41, 5.74) is 0. The van der Waals surface area contributed by atoms with Crippen molar-refractivity contribution in [2.45, 2.75) is 0 Å². The van der Waals surface area contributed by atoms with Crippen LogP contribution in [0, 0.1) is 5.38 Å². The molecule has 0 radical (unpaired) electrons. The van der Waals surface area contributed by atoms with Crippen LogP contribution < -0.4 is 0 Å². The molecule has 32 valence electrons. The second-order valence-electron chi connectivity index (χ2n) is 0.871. The Morgan fingerprint density at radius 3 is 2.83 bits per heavy atom. The molecule has 0 aliphatic heterocycles. The second kappa shape index (κ2) is 1.76. The number of thiophene rings is 1.